The number of hydrogen-bond donors (Lipinski definition) is 2. The average molecular weight is 498 g/mol. The number of nitrogens with one attached hydrogen (secondary N) is 1. The van der Waals surface area contributed by atoms with Gasteiger partial charge in [-0.15, -0.1) is 13.2 Å². The van der Waals surface area contributed by atoms with Crippen molar-refractivity contribution in [2.75, 3.05) is 6.61 Å². The Morgan fingerprint density at radius 2 is 1.95 bits per heavy atom. The van der Waals surface area contributed by atoms with Crippen molar-refractivity contribution in [3.8, 4) is 28.3 Å². The first kappa shape index (κ1) is 23.9. The van der Waals surface area contributed by atoms with Gasteiger partial charge in [0.25, 0.3) is 0 Å². The van der Waals surface area contributed by atoms with Crippen molar-refractivity contribution in [2.24, 2.45) is 5.92 Å². The molecule has 0 radical (unpaired) electrons. The summed E-state index contributed by atoms with van der Waals surface area (Å²) in [7, 11) is 0. The largest absolute Gasteiger partial charge is 0.508 e. The number of halogens is 1. The predicted molar refractivity (Wildman–Crippen MR) is 139 cm³/mol. The van der Waals surface area contributed by atoms with Crippen LogP contribution in [0.4, 0.5) is 4.39 Å². The molecule has 0 spiro atoms. The lowest BCUT2D eigenvalue weighted by Crippen LogP contribution is -2.25. The Kier molecular flexibility index (Phi) is 6.27. The van der Waals surface area contributed by atoms with Crippen molar-refractivity contribution < 1.29 is 19.0 Å². The third kappa shape index (κ3) is 4.24. The number of hydrogen-bond acceptors (Lipinski definition) is 6. The highest BCUT2D eigenvalue weighted by Gasteiger charge is 2.29. The van der Waals surface area contributed by atoms with Crippen molar-refractivity contribution in [1.82, 2.24) is 24.5 Å². The Labute approximate surface area is 211 Å². The summed E-state index contributed by atoms with van der Waals surface area (Å²) in [6, 6.07) is 7.58. The highest BCUT2D eigenvalue weighted by atomic mass is 19.1. The first-order valence-corrected chi connectivity index (χ1v) is 11.7. The fourth-order valence-corrected chi connectivity index (χ4v) is 4.47. The number of pyridine rings is 1. The van der Waals surface area contributed by atoms with Crippen molar-refractivity contribution >= 4 is 28.0 Å². The van der Waals surface area contributed by atoms with Gasteiger partial charge in [0, 0.05) is 40.5 Å². The minimum absolute atomic E-state index is 0.143. The fraction of sp³-hybridized carbons (Fsp3) is 0.143. The van der Waals surface area contributed by atoms with E-state index in [1.807, 2.05) is 10.8 Å². The molecule has 0 aliphatic rings. The summed E-state index contributed by atoms with van der Waals surface area (Å²) in [6.07, 6.45) is 9.57. The van der Waals surface area contributed by atoms with E-state index in [0.717, 1.165) is 22.7 Å². The molecule has 4 heterocycles. The van der Waals surface area contributed by atoms with E-state index < -0.39 is 23.7 Å². The Hall–Kier alpha value is -4.79. The fourth-order valence-electron chi connectivity index (χ4n) is 4.47. The Balaban J connectivity index is 1.74. The minimum Gasteiger partial charge on any atom is -0.508 e. The molecule has 9 heteroatoms. The second-order valence-electron chi connectivity index (χ2n) is 8.42. The minimum atomic E-state index is -0.717. The summed E-state index contributed by atoms with van der Waals surface area (Å²) in [6.45, 7) is 9.78. The first-order chi connectivity index (χ1) is 17.9. The second kappa shape index (κ2) is 9.69. The smallest absolute Gasteiger partial charge is 0.315 e. The van der Waals surface area contributed by atoms with Crippen LogP contribution in [0.1, 0.15) is 13.0 Å². The van der Waals surface area contributed by atoms with Gasteiger partial charge in [0.15, 0.2) is 5.82 Å². The topological polar surface area (TPSA) is 106 Å². The number of phenolic OH excluding ortho intramolecular Hbond substituents is 1. The summed E-state index contributed by atoms with van der Waals surface area (Å²) in [5.41, 5.74) is 3.26. The number of aromatic amines is 1. The molecule has 0 unspecified atom stereocenters. The summed E-state index contributed by atoms with van der Waals surface area (Å²) in [5.74, 6) is -1.11. The maximum atomic E-state index is 14.0. The predicted octanol–water partition coefficient (Wildman–Crippen LogP) is 5.58. The zero-order valence-corrected chi connectivity index (χ0v) is 20.1. The van der Waals surface area contributed by atoms with Crippen LogP contribution < -0.4 is 0 Å². The Morgan fingerprint density at radius 1 is 1.16 bits per heavy atom. The molecule has 37 heavy (non-hydrogen) atoms. The molecule has 4 aromatic heterocycles. The highest BCUT2D eigenvalue weighted by Crippen LogP contribution is 2.36. The van der Waals surface area contributed by atoms with E-state index in [0.29, 0.717) is 28.1 Å². The van der Waals surface area contributed by atoms with Crippen molar-refractivity contribution in [1.29, 1.82) is 0 Å². The molecule has 0 amide bonds. The van der Waals surface area contributed by atoms with Crippen LogP contribution in [-0.2, 0) is 9.53 Å². The molecule has 0 saturated heterocycles. The molecule has 5 rings (SSSR count). The van der Waals surface area contributed by atoms with Crippen molar-refractivity contribution in [3.63, 3.8) is 0 Å². The molecule has 0 bridgehead atoms. The van der Waals surface area contributed by atoms with Gasteiger partial charge in [-0.3, -0.25) is 4.79 Å². The quantitative estimate of drug-likeness (QED) is 0.214. The van der Waals surface area contributed by atoms with Gasteiger partial charge in [0.05, 0.1) is 24.8 Å². The van der Waals surface area contributed by atoms with Crippen LogP contribution in [-0.4, -0.2) is 42.2 Å². The number of ether oxygens (including phenoxy) is 1. The van der Waals surface area contributed by atoms with E-state index in [9.17, 15) is 14.3 Å². The van der Waals surface area contributed by atoms with Crippen LogP contribution in [0.2, 0.25) is 0 Å². The van der Waals surface area contributed by atoms with E-state index in [2.05, 4.69) is 28.1 Å². The van der Waals surface area contributed by atoms with Crippen molar-refractivity contribution in [3.05, 3.63) is 86.2 Å². The monoisotopic (exact) mass is 497 g/mol. The molecule has 1 aromatic carbocycles. The van der Waals surface area contributed by atoms with Gasteiger partial charge in [-0.2, -0.15) is 0 Å². The maximum Gasteiger partial charge on any atom is 0.315 e. The van der Waals surface area contributed by atoms with E-state index in [1.54, 1.807) is 49.7 Å². The van der Waals surface area contributed by atoms with Crippen LogP contribution in [0.3, 0.4) is 0 Å². The molecule has 0 fully saturated rings. The third-order valence-electron chi connectivity index (χ3n) is 6.23. The van der Waals surface area contributed by atoms with E-state index >= 15 is 0 Å². The zero-order chi connectivity index (χ0) is 26.1. The summed E-state index contributed by atoms with van der Waals surface area (Å²) in [4.78, 5) is 29.3. The maximum absolute atomic E-state index is 14.0. The Morgan fingerprint density at radius 3 is 2.65 bits per heavy atom. The number of phenols is 1. The van der Waals surface area contributed by atoms with Crippen LogP contribution in [0.25, 0.3) is 44.6 Å². The number of aromatic hydroxyl groups is 1. The summed E-state index contributed by atoms with van der Waals surface area (Å²) < 4.78 is 21.1. The van der Waals surface area contributed by atoms with Gasteiger partial charge >= 0.3 is 5.97 Å². The molecule has 2 N–H and O–H groups in total. The van der Waals surface area contributed by atoms with Gasteiger partial charge < -0.3 is 19.4 Å². The van der Waals surface area contributed by atoms with Crippen molar-refractivity contribution in [2.45, 2.75) is 13.0 Å². The SMILES string of the molecule is C=C[C@H]([C@@H](C=C)C(=O)OCC)n1cc(-c2ccc(O)cc2)c2cnc(-c3c[nH]c4ncc(F)cc34)nc21. The lowest BCUT2D eigenvalue weighted by molar-refractivity contribution is -0.147. The van der Waals surface area contributed by atoms with Crippen LogP contribution in [0, 0.1) is 11.7 Å². The number of benzene rings is 1. The summed E-state index contributed by atoms with van der Waals surface area (Å²) in [5, 5.41) is 11.0. The van der Waals surface area contributed by atoms with E-state index in [1.165, 1.54) is 12.1 Å². The molecule has 186 valence electrons. The van der Waals surface area contributed by atoms with Gasteiger partial charge in [0.1, 0.15) is 22.9 Å². The number of esters is 1. The van der Waals surface area contributed by atoms with Crippen LogP contribution in [0.15, 0.2) is 80.4 Å². The molecular weight excluding hydrogens is 473 g/mol. The molecular formula is C28H24FN5O3. The lowest BCUT2D eigenvalue weighted by Gasteiger charge is -2.22. The number of aromatic nitrogens is 5. The first-order valence-electron chi connectivity index (χ1n) is 11.7. The van der Waals surface area contributed by atoms with Crippen LogP contribution in [0.5, 0.6) is 5.75 Å². The van der Waals surface area contributed by atoms with Gasteiger partial charge in [-0.05, 0) is 30.7 Å². The zero-order valence-electron chi connectivity index (χ0n) is 20.1. The number of fused-ring (bicyclic) bond motifs is 2. The second-order valence-corrected chi connectivity index (χ2v) is 8.42. The van der Waals surface area contributed by atoms with E-state index in [-0.39, 0.29) is 12.4 Å². The number of rotatable bonds is 8. The number of allylic oxidation sites excluding steroid dienone is 1. The molecule has 0 aliphatic heterocycles. The lowest BCUT2D eigenvalue weighted by atomic mass is 10.00. The number of nitrogens with zero attached hydrogens (tertiary/aromatic N) is 4. The Bertz CT molecular complexity index is 1640. The molecule has 2 atom stereocenters. The highest BCUT2D eigenvalue weighted by molar-refractivity contribution is 5.97. The molecule has 8 nitrogen and oxygen atoms in total. The average Bonchev–Trinajstić information content (AvgIpc) is 3.49. The van der Waals surface area contributed by atoms with Gasteiger partial charge in [0.2, 0.25) is 0 Å². The number of carbonyl (C=O) groups is 1. The number of H-pyrrole nitrogens is 1. The van der Waals surface area contributed by atoms with Crippen LogP contribution >= 0.6 is 0 Å². The molecule has 5 aromatic rings. The number of carbonyl (C=O) groups excluding carboxylic acids is 1. The standard InChI is InChI=1S/C28H24FN5O3/c1-4-19(28(36)37-6-3)24(5-2)34-15-23(16-7-9-18(35)10-8-16)22-14-32-26(33-27(22)34)21-13-31-25-20(21)11-17(29)12-30-25/h4-5,7-15,19,24,35H,1-2,6H2,3H3,(H,30,31)/t19-,24-/m1/s1. The molecule has 0 aliphatic carbocycles. The molecule has 0 saturated carbocycles. The van der Waals surface area contributed by atoms with E-state index in [4.69, 9.17) is 9.72 Å². The summed E-state index contributed by atoms with van der Waals surface area (Å²) >= 11 is 0. The third-order valence-corrected chi connectivity index (χ3v) is 6.23. The normalized spacial score (nSPS) is 12.9. The van der Waals surface area contributed by atoms with Gasteiger partial charge in [-0.25, -0.2) is 19.3 Å². The van der Waals surface area contributed by atoms with Gasteiger partial charge in [-0.1, -0.05) is 24.3 Å².